The van der Waals surface area contributed by atoms with Gasteiger partial charge in [0.25, 0.3) is 5.91 Å². The van der Waals surface area contributed by atoms with Crippen molar-refractivity contribution >= 4 is 11.7 Å². The molecule has 1 aromatic heterocycles. The summed E-state index contributed by atoms with van der Waals surface area (Å²) >= 11 is 0. The van der Waals surface area contributed by atoms with Crippen molar-refractivity contribution in [1.82, 2.24) is 15.3 Å². The molecular weight excluding hydrogens is 216 g/mol. The van der Waals surface area contributed by atoms with E-state index in [1.807, 2.05) is 6.92 Å². The van der Waals surface area contributed by atoms with Gasteiger partial charge in [-0.15, -0.1) is 0 Å². The number of carbonyl (C=O) groups excluding carboxylic acids is 1. The third-order valence-corrected chi connectivity index (χ3v) is 2.44. The van der Waals surface area contributed by atoms with Crippen LogP contribution in [-0.4, -0.2) is 28.5 Å². The van der Waals surface area contributed by atoms with Crippen LogP contribution >= 0.6 is 0 Å². The van der Waals surface area contributed by atoms with Crippen LogP contribution in [0.1, 0.15) is 44.1 Å². The molecule has 1 atom stereocenters. The highest BCUT2D eigenvalue weighted by atomic mass is 16.1. The van der Waals surface area contributed by atoms with Crippen LogP contribution in [0, 0.1) is 0 Å². The number of aromatic nitrogens is 2. The summed E-state index contributed by atoms with van der Waals surface area (Å²) in [6, 6.07) is 2.01. The molecule has 0 aromatic carbocycles. The van der Waals surface area contributed by atoms with Crippen LogP contribution in [0.2, 0.25) is 0 Å². The fourth-order valence-corrected chi connectivity index (χ4v) is 1.24. The molecule has 2 N–H and O–H groups in total. The van der Waals surface area contributed by atoms with E-state index in [2.05, 4.69) is 34.4 Å². The minimum absolute atomic E-state index is 0.151. The molecule has 0 aliphatic rings. The van der Waals surface area contributed by atoms with Gasteiger partial charge in [0.05, 0.1) is 0 Å². The van der Waals surface area contributed by atoms with Crippen LogP contribution in [-0.2, 0) is 0 Å². The predicted molar refractivity (Wildman–Crippen MR) is 68.0 cm³/mol. The topological polar surface area (TPSA) is 66.9 Å². The molecule has 0 spiro atoms. The number of hydrogen-bond acceptors (Lipinski definition) is 4. The van der Waals surface area contributed by atoms with Crippen molar-refractivity contribution in [2.45, 2.75) is 39.7 Å². The van der Waals surface area contributed by atoms with E-state index in [9.17, 15) is 4.79 Å². The second-order valence-electron chi connectivity index (χ2n) is 4.00. The lowest BCUT2D eigenvalue weighted by Crippen LogP contribution is -2.25. The Morgan fingerprint density at radius 3 is 2.82 bits per heavy atom. The van der Waals surface area contributed by atoms with E-state index in [-0.39, 0.29) is 5.91 Å². The van der Waals surface area contributed by atoms with E-state index in [1.54, 1.807) is 6.07 Å². The number of carbonyl (C=O) groups is 1. The lowest BCUT2D eigenvalue weighted by atomic mass is 10.2. The zero-order valence-electron chi connectivity index (χ0n) is 10.7. The largest absolute Gasteiger partial charge is 0.368 e. The van der Waals surface area contributed by atoms with E-state index < -0.39 is 0 Å². The van der Waals surface area contributed by atoms with Crippen molar-refractivity contribution in [1.29, 1.82) is 0 Å². The van der Waals surface area contributed by atoms with Gasteiger partial charge < -0.3 is 10.6 Å². The second-order valence-corrected chi connectivity index (χ2v) is 4.00. The van der Waals surface area contributed by atoms with Crippen molar-refractivity contribution < 1.29 is 4.79 Å². The van der Waals surface area contributed by atoms with Gasteiger partial charge in [0, 0.05) is 18.7 Å². The number of hydrogen-bond donors (Lipinski definition) is 2. The van der Waals surface area contributed by atoms with Gasteiger partial charge in [0.2, 0.25) is 0 Å². The predicted octanol–water partition coefficient (Wildman–Crippen LogP) is 1.83. The first-order valence-corrected chi connectivity index (χ1v) is 6.04. The van der Waals surface area contributed by atoms with Gasteiger partial charge in [-0.2, -0.15) is 0 Å². The zero-order valence-corrected chi connectivity index (χ0v) is 10.7. The van der Waals surface area contributed by atoms with E-state index in [0.717, 1.165) is 12.8 Å². The Hall–Kier alpha value is -1.65. The van der Waals surface area contributed by atoms with Gasteiger partial charge >= 0.3 is 0 Å². The molecule has 0 bridgehead atoms. The first kappa shape index (κ1) is 13.4. The second kappa shape index (κ2) is 6.83. The van der Waals surface area contributed by atoms with Crippen LogP contribution in [0.4, 0.5) is 5.82 Å². The molecule has 0 radical (unpaired) electrons. The SMILES string of the molecule is CCCNC(=O)c1cc(NC(C)CC)ncn1. The average molecular weight is 236 g/mol. The van der Waals surface area contributed by atoms with Gasteiger partial charge in [-0.05, 0) is 19.8 Å². The highest BCUT2D eigenvalue weighted by Crippen LogP contribution is 2.07. The lowest BCUT2D eigenvalue weighted by molar-refractivity contribution is 0.0948. The molecule has 0 saturated carbocycles. The molecule has 0 fully saturated rings. The molecule has 1 heterocycles. The highest BCUT2D eigenvalue weighted by Gasteiger charge is 2.08. The molecule has 0 aliphatic heterocycles. The van der Waals surface area contributed by atoms with Crippen LogP contribution in [0.3, 0.4) is 0 Å². The van der Waals surface area contributed by atoms with Gasteiger partial charge in [0.15, 0.2) is 0 Å². The molecule has 1 unspecified atom stereocenters. The fourth-order valence-electron chi connectivity index (χ4n) is 1.24. The maximum atomic E-state index is 11.7. The van der Waals surface area contributed by atoms with Crippen LogP contribution < -0.4 is 10.6 Å². The molecule has 94 valence electrons. The van der Waals surface area contributed by atoms with Gasteiger partial charge in [-0.25, -0.2) is 9.97 Å². The summed E-state index contributed by atoms with van der Waals surface area (Å²) in [5.41, 5.74) is 0.402. The van der Waals surface area contributed by atoms with Gasteiger partial charge in [0.1, 0.15) is 17.8 Å². The summed E-state index contributed by atoms with van der Waals surface area (Å²) in [5, 5.41) is 6.00. The highest BCUT2D eigenvalue weighted by molar-refractivity contribution is 5.92. The van der Waals surface area contributed by atoms with Crippen molar-refractivity contribution in [2.75, 3.05) is 11.9 Å². The standard InChI is InChI=1S/C12H20N4O/c1-4-6-13-12(17)10-7-11(15-8-14-10)16-9(3)5-2/h7-9H,4-6H2,1-3H3,(H,13,17)(H,14,15,16). The average Bonchev–Trinajstić information content (AvgIpc) is 2.36. The molecule has 0 saturated heterocycles. The maximum absolute atomic E-state index is 11.7. The summed E-state index contributed by atoms with van der Waals surface area (Å²) < 4.78 is 0. The summed E-state index contributed by atoms with van der Waals surface area (Å²) in [6.07, 6.45) is 3.32. The summed E-state index contributed by atoms with van der Waals surface area (Å²) in [7, 11) is 0. The first-order chi connectivity index (χ1) is 8.17. The minimum Gasteiger partial charge on any atom is -0.368 e. The molecule has 1 aromatic rings. The van der Waals surface area contributed by atoms with Gasteiger partial charge in [-0.1, -0.05) is 13.8 Å². The third-order valence-electron chi connectivity index (χ3n) is 2.44. The van der Waals surface area contributed by atoms with Crippen molar-refractivity contribution in [3.05, 3.63) is 18.1 Å². The lowest BCUT2D eigenvalue weighted by Gasteiger charge is -2.12. The van der Waals surface area contributed by atoms with Crippen molar-refractivity contribution in [3.63, 3.8) is 0 Å². The van der Waals surface area contributed by atoms with Crippen LogP contribution in [0.15, 0.2) is 12.4 Å². The van der Waals surface area contributed by atoms with Crippen molar-refractivity contribution in [2.24, 2.45) is 0 Å². The molecule has 5 heteroatoms. The number of nitrogens with zero attached hydrogens (tertiary/aromatic N) is 2. The quantitative estimate of drug-likeness (QED) is 0.790. The Labute approximate surface area is 102 Å². The summed E-state index contributed by atoms with van der Waals surface area (Å²) in [5.74, 6) is 0.539. The van der Waals surface area contributed by atoms with E-state index in [0.29, 0.717) is 24.1 Å². The summed E-state index contributed by atoms with van der Waals surface area (Å²) in [6.45, 7) is 6.83. The molecule has 5 nitrogen and oxygen atoms in total. The van der Waals surface area contributed by atoms with E-state index in [4.69, 9.17) is 0 Å². The summed E-state index contributed by atoms with van der Waals surface area (Å²) in [4.78, 5) is 19.7. The zero-order chi connectivity index (χ0) is 12.7. The Balaban J connectivity index is 2.68. The number of nitrogens with one attached hydrogen (secondary N) is 2. The Bertz CT molecular complexity index is 367. The Morgan fingerprint density at radius 1 is 1.41 bits per heavy atom. The van der Waals surface area contributed by atoms with Gasteiger partial charge in [-0.3, -0.25) is 4.79 Å². The monoisotopic (exact) mass is 236 g/mol. The van der Waals surface area contributed by atoms with Crippen LogP contribution in [0.5, 0.6) is 0 Å². The molecule has 17 heavy (non-hydrogen) atoms. The number of anilines is 1. The number of rotatable bonds is 6. The molecule has 1 amide bonds. The fraction of sp³-hybridized carbons (Fsp3) is 0.583. The molecular formula is C12H20N4O. The Kier molecular flexibility index (Phi) is 5.39. The normalized spacial score (nSPS) is 11.9. The molecule has 1 rings (SSSR count). The van der Waals surface area contributed by atoms with E-state index in [1.165, 1.54) is 6.33 Å². The first-order valence-electron chi connectivity index (χ1n) is 6.04. The van der Waals surface area contributed by atoms with Crippen molar-refractivity contribution in [3.8, 4) is 0 Å². The Morgan fingerprint density at radius 2 is 2.18 bits per heavy atom. The number of amides is 1. The maximum Gasteiger partial charge on any atom is 0.270 e. The van der Waals surface area contributed by atoms with Crippen LogP contribution in [0.25, 0.3) is 0 Å². The molecule has 0 aliphatic carbocycles. The third kappa shape index (κ3) is 4.38. The minimum atomic E-state index is -0.151. The smallest absolute Gasteiger partial charge is 0.270 e. The van der Waals surface area contributed by atoms with E-state index >= 15 is 0 Å².